The molecule has 0 fully saturated rings. The summed E-state index contributed by atoms with van der Waals surface area (Å²) in [5.74, 6) is -2.68. The average molecular weight is 474 g/mol. The molecule has 0 bridgehead atoms. The molecule has 2 aromatic rings. The zero-order valence-corrected chi connectivity index (χ0v) is 18.3. The smallest absolute Gasteiger partial charge is 0.414 e. The van der Waals surface area contributed by atoms with Gasteiger partial charge in [-0.25, -0.2) is 9.59 Å². The lowest BCUT2D eigenvalue weighted by Crippen LogP contribution is -2.13. The van der Waals surface area contributed by atoms with Crippen molar-refractivity contribution in [2.75, 3.05) is 13.2 Å². The van der Waals surface area contributed by atoms with Gasteiger partial charge in [0.1, 0.15) is 5.75 Å². The lowest BCUT2D eigenvalue weighted by molar-refractivity contribution is -0.159. The van der Waals surface area contributed by atoms with Crippen LogP contribution in [0.25, 0.3) is 6.08 Å². The highest BCUT2D eigenvalue weighted by Gasteiger charge is 2.17. The number of unbranched alkanes of at least 4 members (excludes halogenated alkanes) is 1. The first-order chi connectivity index (χ1) is 14.4. The molecule has 0 aliphatic carbocycles. The number of halogens is 1. The summed E-state index contributed by atoms with van der Waals surface area (Å²) in [7, 11) is 0. The van der Waals surface area contributed by atoms with Gasteiger partial charge in [0.25, 0.3) is 0 Å². The van der Waals surface area contributed by atoms with Crippen molar-refractivity contribution in [2.45, 2.75) is 26.2 Å². The Morgan fingerprint density at radius 2 is 1.83 bits per heavy atom. The van der Waals surface area contributed by atoms with Gasteiger partial charge in [0, 0.05) is 16.6 Å². The first-order valence-electron chi connectivity index (χ1n) is 9.61. The summed E-state index contributed by atoms with van der Waals surface area (Å²) in [6.07, 6.45) is 5.34. The molecule has 0 amide bonds. The molecule has 158 valence electrons. The fraction of sp³-hybridized carbons (Fsp3) is 0.261. The number of hydrogen-bond donors (Lipinski definition) is 2. The van der Waals surface area contributed by atoms with Crippen molar-refractivity contribution < 1.29 is 24.5 Å². The number of carboxylic acids is 2. The van der Waals surface area contributed by atoms with Crippen LogP contribution in [0.15, 0.2) is 58.0 Å². The molecule has 0 radical (unpaired) electrons. The van der Waals surface area contributed by atoms with Gasteiger partial charge in [0.05, 0.1) is 12.3 Å². The molecule has 30 heavy (non-hydrogen) atoms. The van der Waals surface area contributed by atoms with Crippen molar-refractivity contribution in [3.8, 4) is 5.75 Å². The molecule has 1 heterocycles. The Morgan fingerprint density at radius 3 is 2.47 bits per heavy atom. The van der Waals surface area contributed by atoms with E-state index in [0.29, 0.717) is 0 Å². The number of benzene rings is 2. The van der Waals surface area contributed by atoms with Crippen LogP contribution in [0.2, 0.25) is 0 Å². The second kappa shape index (κ2) is 11.9. The topological polar surface area (TPSA) is 96.2 Å². The van der Waals surface area contributed by atoms with E-state index >= 15 is 0 Å². The average Bonchev–Trinajstić information content (AvgIpc) is 2.74. The fourth-order valence-electron chi connectivity index (χ4n) is 2.77. The van der Waals surface area contributed by atoms with E-state index in [-0.39, 0.29) is 0 Å². The summed E-state index contributed by atoms with van der Waals surface area (Å²) in [6.45, 7) is 3.78. The Labute approximate surface area is 184 Å². The van der Waals surface area contributed by atoms with Crippen LogP contribution in [-0.4, -0.2) is 41.0 Å². The maximum atomic E-state index is 9.10. The van der Waals surface area contributed by atoms with Crippen molar-refractivity contribution in [1.29, 1.82) is 0 Å². The van der Waals surface area contributed by atoms with Crippen LogP contribution in [0.4, 0.5) is 0 Å². The molecule has 0 saturated heterocycles. The van der Waals surface area contributed by atoms with E-state index in [2.05, 4.69) is 59.3 Å². The van der Waals surface area contributed by atoms with Gasteiger partial charge in [-0.3, -0.25) is 4.99 Å². The summed E-state index contributed by atoms with van der Waals surface area (Å²) in [5, 5.41) is 14.8. The third kappa shape index (κ3) is 7.15. The first kappa shape index (κ1) is 23.3. The van der Waals surface area contributed by atoms with E-state index in [0.717, 1.165) is 48.4 Å². The van der Waals surface area contributed by atoms with Crippen LogP contribution in [0, 0.1) is 0 Å². The van der Waals surface area contributed by atoms with Crippen LogP contribution in [0.5, 0.6) is 5.75 Å². The Kier molecular flexibility index (Phi) is 9.28. The minimum atomic E-state index is -1.82. The molecule has 0 saturated carbocycles. The molecule has 0 spiro atoms. The largest absolute Gasteiger partial charge is 0.494 e. The van der Waals surface area contributed by atoms with Gasteiger partial charge in [-0.2, -0.15) is 0 Å². The maximum absolute atomic E-state index is 9.10. The molecule has 2 N–H and O–H groups in total. The summed E-state index contributed by atoms with van der Waals surface area (Å²) in [5.41, 5.74) is 4.70. The molecular weight excluding hydrogens is 450 g/mol. The second-order valence-corrected chi connectivity index (χ2v) is 7.37. The Morgan fingerprint density at radius 1 is 1.13 bits per heavy atom. The number of aliphatic imine (C=N–C) groups is 1. The van der Waals surface area contributed by atoms with E-state index in [1.807, 2.05) is 18.2 Å². The normalized spacial score (nSPS) is 12.7. The number of nitrogens with zero attached hydrogens (tertiary/aromatic N) is 1. The van der Waals surface area contributed by atoms with Crippen molar-refractivity contribution in [3.63, 3.8) is 0 Å². The third-order valence-electron chi connectivity index (χ3n) is 4.25. The standard InChI is InChI=1S/C21H22BrNO.C2H2O4/c1-2-3-13-24-18-9-10-19-17(15-18)11-12-23-21(19)20(22)14-16-7-5-4-6-8-16;3-1(4)2(5)6/h4-10,14-15H,2-3,11-13H2,1H3;(H,3,4)(H,5,6). The van der Waals surface area contributed by atoms with E-state index in [1.165, 1.54) is 16.7 Å². The fourth-order valence-corrected chi connectivity index (χ4v) is 3.38. The van der Waals surface area contributed by atoms with Crippen molar-refractivity contribution in [2.24, 2.45) is 4.99 Å². The Bertz CT molecular complexity index is 926. The molecular formula is C23H24BrNO5. The molecule has 3 rings (SSSR count). The third-order valence-corrected chi connectivity index (χ3v) is 4.86. The lowest BCUT2D eigenvalue weighted by Gasteiger charge is -2.18. The van der Waals surface area contributed by atoms with Gasteiger partial charge in [-0.15, -0.1) is 0 Å². The molecule has 7 heteroatoms. The summed E-state index contributed by atoms with van der Waals surface area (Å²) in [4.78, 5) is 22.9. The predicted molar refractivity (Wildman–Crippen MR) is 121 cm³/mol. The zero-order valence-electron chi connectivity index (χ0n) is 16.7. The number of carboxylic acid groups (broad SMARTS) is 2. The van der Waals surface area contributed by atoms with E-state index in [1.54, 1.807) is 0 Å². The summed E-state index contributed by atoms with van der Waals surface area (Å²) < 4.78 is 6.86. The van der Waals surface area contributed by atoms with Gasteiger partial charge < -0.3 is 14.9 Å². The van der Waals surface area contributed by atoms with Crippen LogP contribution in [0.1, 0.15) is 36.5 Å². The molecule has 1 aliphatic heterocycles. The summed E-state index contributed by atoms with van der Waals surface area (Å²) in [6, 6.07) is 16.7. The van der Waals surface area contributed by atoms with Crippen molar-refractivity contribution >= 4 is 39.7 Å². The highest BCUT2D eigenvalue weighted by Crippen LogP contribution is 2.27. The van der Waals surface area contributed by atoms with Gasteiger partial charge in [-0.1, -0.05) is 43.7 Å². The molecule has 0 unspecified atom stereocenters. The number of carbonyl (C=O) groups is 2. The number of allylic oxidation sites excluding steroid dienone is 1. The van der Waals surface area contributed by atoms with Gasteiger partial charge in [-0.05, 0) is 64.2 Å². The second-order valence-electron chi connectivity index (χ2n) is 6.51. The first-order valence-corrected chi connectivity index (χ1v) is 10.4. The Balaban J connectivity index is 0.000000469. The maximum Gasteiger partial charge on any atom is 0.414 e. The number of hydrogen-bond acceptors (Lipinski definition) is 4. The number of fused-ring (bicyclic) bond motifs is 1. The van der Waals surface area contributed by atoms with E-state index in [4.69, 9.17) is 29.5 Å². The van der Waals surface area contributed by atoms with Gasteiger partial charge in [0.15, 0.2) is 0 Å². The van der Waals surface area contributed by atoms with E-state index < -0.39 is 11.9 Å². The van der Waals surface area contributed by atoms with E-state index in [9.17, 15) is 0 Å². The Hall–Kier alpha value is -2.93. The number of ether oxygens (including phenoxy) is 1. The van der Waals surface area contributed by atoms with Gasteiger partial charge >= 0.3 is 11.9 Å². The highest BCUT2D eigenvalue weighted by atomic mass is 79.9. The summed E-state index contributed by atoms with van der Waals surface area (Å²) >= 11 is 3.71. The van der Waals surface area contributed by atoms with Crippen molar-refractivity contribution in [1.82, 2.24) is 0 Å². The van der Waals surface area contributed by atoms with Crippen molar-refractivity contribution in [3.05, 3.63) is 69.7 Å². The molecule has 0 aromatic heterocycles. The van der Waals surface area contributed by atoms with Gasteiger partial charge in [0.2, 0.25) is 0 Å². The van der Waals surface area contributed by atoms with Crippen LogP contribution in [0.3, 0.4) is 0 Å². The van der Waals surface area contributed by atoms with Crippen LogP contribution < -0.4 is 4.74 Å². The molecule has 0 atom stereocenters. The monoisotopic (exact) mass is 473 g/mol. The quantitative estimate of drug-likeness (QED) is 0.463. The minimum absolute atomic E-state index is 0.786. The number of rotatable bonds is 6. The molecule has 2 aromatic carbocycles. The molecule has 1 aliphatic rings. The zero-order chi connectivity index (χ0) is 21.9. The molecule has 6 nitrogen and oxygen atoms in total. The highest BCUT2D eigenvalue weighted by molar-refractivity contribution is 9.12. The lowest BCUT2D eigenvalue weighted by atomic mass is 9.96. The van der Waals surface area contributed by atoms with Crippen LogP contribution >= 0.6 is 15.9 Å². The van der Waals surface area contributed by atoms with Crippen LogP contribution in [-0.2, 0) is 16.0 Å². The number of aliphatic carboxylic acids is 2. The minimum Gasteiger partial charge on any atom is -0.494 e. The SMILES string of the molecule is CCCCOc1ccc2c(c1)CCN=C2C(Br)=Cc1ccccc1.O=C(O)C(=O)O. The predicted octanol–water partition coefficient (Wildman–Crippen LogP) is 4.80.